The second-order valence-corrected chi connectivity index (χ2v) is 5.42. The summed E-state index contributed by atoms with van der Waals surface area (Å²) in [5.74, 6) is 0. The van der Waals surface area contributed by atoms with Crippen molar-refractivity contribution in [1.29, 1.82) is 0 Å². The number of aromatic nitrogens is 2. The van der Waals surface area contributed by atoms with Crippen molar-refractivity contribution in [1.82, 2.24) is 9.97 Å². The van der Waals surface area contributed by atoms with Crippen LogP contribution < -0.4 is 0 Å². The summed E-state index contributed by atoms with van der Waals surface area (Å²) >= 11 is 0. The van der Waals surface area contributed by atoms with E-state index in [0.717, 1.165) is 18.5 Å². The molecule has 2 heterocycles. The molecule has 0 radical (unpaired) electrons. The number of pyridine rings is 2. The van der Waals surface area contributed by atoms with Crippen LogP contribution in [-0.4, -0.2) is 22.2 Å². The van der Waals surface area contributed by atoms with Gasteiger partial charge in [0.1, 0.15) is 11.4 Å². The number of alkyl halides is 6. The van der Waals surface area contributed by atoms with Crippen LogP contribution in [0.15, 0.2) is 36.7 Å². The lowest BCUT2D eigenvalue weighted by Crippen LogP contribution is -2.13. The third kappa shape index (κ3) is 4.92. The highest BCUT2D eigenvalue weighted by molar-refractivity contribution is 5.24. The highest BCUT2D eigenvalue weighted by atomic mass is 19.4. The number of rotatable bonds is 5. The maximum Gasteiger partial charge on any atom is 0.433 e. The molecule has 2 unspecified atom stereocenters. The summed E-state index contributed by atoms with van der Waals surface area (Å²) in [5, 5.41) is 10.2. The van der Waals surface area contributed by atoms with Gasteiger partial charge in [0.25, 0.3) is 0 Å². The summed E-state index contributed by atoms with van der Waals surface area (Å²) in [6.07, 6.45) is -10.1. The van der Waals surface area contributed by atoms with Crippen molar-refractivity contribution in [3.8, 4) is 0 Å². The third-order valence-corrected chi connectivity index (χ3v) is 3.63. The molecule has 26 heavy (non-hydrogen) atoms. The molecule has 2 aromatic rings. The largest absolute Gasteiger partial charge is 0.433 e. The van der Waals surface area contributed by atoms with Gasteiger partial charge in [-0.25, -0.2) is 0 Å². The second kappa shape index (κ2) is 7.58. The van der Waals surface area contributed by atoms with Crippen LogP contribution in [0.4, 0.5) is 26.3 Å². The summed E-state index contributed by atoms with van der Waals surface area (Å²) in [6.45, 7) is 0. The molecule has 10 heteroatoms. The Morgan fingerprint density at radius 2 is 1.38 bits per heavy atom. The predicted octanol–water partition coefficient (Wildman–Crippen LogP) is 4.33. The Balaban J connectivity index is 2.23. The first-order chi connectivity index (χ1) is 12.0. The third-order valence-electron chi connectivity index (χ3n) is 3.63. The van der Waals surface area contributed by atoms with Gasteiger partial charge in [-0.1, -0.05) is 0 Å². The zero-order chi connectivity index (χ0) is 19.5. The molecular formula is C16H14F6N2O2. The van der Waals surface area contributed by atoms with E-state index in [1.165, 1.54) is 19.2 Å². The average Bonchev–Trinajstić information content (AvgIpc) is 2.58. The van der Waals surface area contributed by atoms with Crippen LogP contribution in [0.3, 0.4) is 0 Å². The van der Waals surface area contributed by atoms with Crippen LogP contribution in [0.5, 0.6) is 0 Å². The molecule has 2 aromatic heterocycles. The number of hydrogen-bond donors (Lipinski definition) is 1. The Bertz CT molecular complexity index is 748. The van der Waals surface area contributed by atoms with Crippen LogP contribution in [0.1, 0.15) is 41.1 Å². The van der Waals surface area contributed by atoms with Gasteiger partial charge in [0.2, 0.25) is 0 Å². The van der Waals surface area contributed by atoms with Gasteiger partial charge in [-0.3, -0.25) is 9.97 Å². The fourth-order valence-corrected chi connectivity index (χ4v) is 2.32. The van der Waals surface area contributed by atoms with Gasteiger partial charge in [-0.15, -0.1) is 0 Å². The highest BCUT2D eigenvalue weighted by Crippen LogP contribution is 2.34. The summed E-state index contributed by atoms with van der Waals surface area (Å²) in [7, 11) is 1.22. The van der Waals surface area contributed by atoms with Gasteiger partial charge in [0.15, 0.2) is 0 Å². The van der Waals surface area contributed by atoms with Crippen molar-refractivity contribution < 1.29 is 36.2 Å². The smallest absolute Gasteiger partial charge is 0.388 e. The van der Waals surface area contributed by atoms with E-state index >= 15 is 0 Å². The molecule has 0 aliphatic carbocycles. The Morgan fingerprint density at radius 1 is 0.923 bits per heavy atom. The SMILES string of the molecule is COC(CC(O)c1ccnc(C(F)(F)F)c1)c1ccnc(C(F)(F)F)c1. The first-order valence-corrected chi connectivity index (χ1v) is 7.29. The first-order valence-electron chi connectivity index (χ1n) is 7.29. The molecule has 0 bridgehead atoms. The molecule has 0 aliphatic rings. The van der Waals surface area contributed by atoms with E-state index in [1.807, 2.05) is 0 Å². The Morgan fingerprint density at radius 3 is 1.85 bits per heavy atom. The second-order valence-electron chi connectivity index (χ2n) is 5.42. The summed E-state index contributed by atoms with van der Waals surface area (Å²) in [5.41, 5.74) is -2.28. The minimum absolute atomic E-state index is 0.0699. The van der Waals surface area contributed by atoms with Crippen molar-refractivity contribution >= 4 is 0 Å². The van der Waals surface area contributed by atoms with Crippen LogP contribution in [-0.2, 0) is 17.1 Å². The van der Waals surface area contributed by atoms with E-state index in [4.69, 9.17) is 4.74 Å². The van der Waals surface area contributed by atoms with Gasteiger partial charge in [0, 0.05) is 25.9 Å². The molecule has 0 aromatic carbocycles. The number of methoxy groups -OCH3 is 1. The molecule has 0 spiro atoms. The molecule has 0 fully saturated rings. The van der Waals surface area contributed by atoms with Gasteiger partial charge >= 0.3 is 12.4 Å². The van der Waals surface area contributed by atoms with Crippen molar-refractivity contribution in [2.24, 2.45) is 0 Å². The zero-order valence-corrected chi connectivity index (χ0v) is 13.3. The van der Waals surface area contributed by atoms with Crippen LogP contribution in [0.2, 0.25) is 0 Å². The van der Waals surface area contributed by atoms with Gasteiger partial charge in [-0.2, -0.15) is 26.3 Å². The van der Waals surface area contributed by atoms with Crippen LogP contribution in [0, 0.1) is 0 Å². The molecule has 2 atom stereocenters. The summed E-state index contributed by atoms with van der Waals surface area (Å²) < 4.78 is 81.5. The normalized spacial score (nSPS) is 14.9. The standard InChI is InChI=1S/C16H14F6N2O2/c1-26-12(10-3-5-24-14(7-10)16(20,21)22)8-11(25)9-2-4-23-13(6-9)15(17,18)19/h2-7,11-12,25H,8H2,1H3. The Labute approximate surface area is 144 Å². The lowest BCUT2D eigenvalue weighted by Gasteiger charge is -2.21. The molecule has 2 rings (SSSR count). The van der Waals surface area contributed by atoms with E-state index in [1.54, 1.807) is 0 Å². The first kappa shape index (κ1) is 20.1. The minimum Gasteiger partial charge on any atom is -0.388 e. The lowest BCUT2D eigenvalue weighted by atomic mass is 9.99. The van der Waals surface area contributed by atoms with Crippen molar-refractivity contribution in [3.05, 3.63) is 59.2 Å². The van der Waals surface area contributed by atoms with Crippen molar-refractivity contribution in [2.45, 2.75) is 31.0 Å². The van der Waals surface area contributed by atoms with Crippen molar-refractivity contribution in [2.75, 3.05) is 7.11 Å². The molecule has 4 nitrogen and oxygen atoms in total. The van der Waals surface area contributed by atoms with E-state index in [9.17, 15) is 31.4 Å². The molecule has 142 valence electrons. The minimum atomic E-state index is -4.68. The number of ether oxygens (including phenoxy) is 1. The number of nitrogens with zero attached hydrogens (tertiary/aromatic N) is 2. The molecule has 1 N–H and O–H groups in total. The molecule has 0 saturated carbocycles. The number of aliphatic hydroxyl groups excluding tert-OH is 1. The highest BCUT2D eigenvalue weighted by Gasteiger charge is 2.34. The number of hydrogen-bond acceptors (Lipinski definition) is 4. The van der Waals surface area contributed by atoms with E-state index < -0.39 is 35.9 Å². The Hall–Kier alpha value is -2.20. The van der Waals surface area contributed by atoms with Gasteiger partial charge in [-0.05, 0) is 35.4 Å². The van der Waals surface area contributed by atoms with Gasteiger partial charge < -0.3 is 9.84 Å². The number of aliphatic hydroxyl groups is 1. The summed E-state index contributed by atoms with van der Waals surface area (Å²) in [4.78, 5) is 6.42. The average molecular weight is 380 g/mol. The molecule has 0 saturated heterocycles. The maximum absolute atomic E-state index is 12.8. The van der Waals surface area contributed by atoms with Crippen LogP contribution in [0.25, 0.3) is 0 Å². The quantitative estimate of drug-likeness (QED) is 0.785. The molecule has 0 amide bonds. The molecule has 0 aliphatic heterocycles. The van der Waals surface area contributed by atoms with E-state index in [2.05, 4.69) is 9.97 Å². The van der Waals surface area contributed by atoms with Crippen LogP contribution >= 0.6 is 0 Å². The van der Waals surface area contributed by atoms with E-state index in [-0.39, 0.29) is 17.5 Å². The number of halogens is 6. The fraction of sp³-hybridized carbons (Fsp3) is 0.375. The monoisotopic (exact) mass is 380 g/mol. The lowest BCUT2D eigenvalue weighted by molar-refractivity contribution is -0.142. The van der Waals surface area contributed by atoms with E-state index in [0.29, 0.717) is 6.07 Å². The zero-order valence-electron chi connectivity index (χ0n) is 13.3. The molecular weight excluding hydrogens is 366 g/mol. The fourth-order valence-electron chi connectivity index (χ4n) is 2.32. The topological polar surface area (TPSA) is 55.2 Å². The van der Waals surface area contributed by atoms with Crippen molar-refractivity contribution in [3.63, 3.8) is 0 Å². The Kier molecular flexibility index (Phi) is 5.87. The predicted molar refractivity (Wildman–Crippen MR) is 77.8 cm³/mol. The summed E-state index contributed by atoms with van der Waals surface area (Å²) in [6, 6.07) is 3.93. The maximum atomic E-state index is 12.8. The van der Waals surface area contributed by atoms with Gasteiger partial charge in [0.05, 0.1) is 12.2 Å².